The van der Waals surface area contributed by atoms with Gasteiger partial charge in [-0.25, -0.2) is 4.98 Å². The number of hydrogen-bond donors (Lipinski definition) is 0. The number of benzene rings is 2. The monoisotopic (exact) mass is 409 g/mol. The minimum Gasteiger partial charge on any atom is -0.497 e. The highest BCUT2D eigenvalue weighted by molar-refractivity contribution is 7.13. The molecule has 29 heavy (non-hydrogen) atoms. The van der Waals surface area contributed by atoms with Crippen LogP contribution in [0.3, 0.4) is 0 Å². The lowest BCUT2D eigenvalue weighted by atomic mass is 10.2. The Bertz CT molecular complexity index is 901. The summed E-state index contributed by atoms with van der Waals surface area (Å²) < 4.78 is 10.8. The topological polar surface area (TPSA) is 37.8 Å². The summed E-state index contributed by atoms with van der Waals surface area (Å²) in [6, 6.07) is 16.5. The van der Waals surface area contributed by atoms with E-state index in [1.807, 2.05) is 31.2 Å². The number of anilines is 1. The minimum atomic E-state index is 0.687. The molecule has 0 bridgehead atoms. The van der Waals surface area contributed by atoms with Gasteiger partial charge in [0, 0.05) is 49.4 Å². The van der Waals surface area contributed by atoms with Crippen molar-refractivity contribution >= 4 is 17.0 Å². The predicted octanol–water partition coefficient (Wildman–Crippen LogP) is 4.54. The Labute approximate surface area is 176 Å². The summed E-state index contributed by atoms with van der Waals surface area (Å²) in [7, 11) is 1.70. The van der Waals surface area contributed by atoms with Crippen molar-refractivity contribution in [3.8, 4) is 22.1 Å². The number of nitrogens with zero attached hydrogens (tertiary/aromatic N) is 3. The number of hydrogen-bond acceptors (Lipinski definition) is 6. The highest BCUT2D eigenvalue weighted by atomic mass is 32.1. The molecule has 1 aliphatic heterocycles. The summed E-state index contributed by atoms with van der Waals surface area (Å²) in [6.45, 7) is 7.74. The zero-order valence-electron chi connectivity index (χ0n) is 17.0. The van der Waals surface area contributed by atoms with E-state index in [0.29, 0.717) is 6.61 Å². The first-order chi connectivity index (χ1) is 14.2. The van der Waals surface area contributed by atoms with Gasteiger partial charge in [-0.2, -0.15) is 0 Å². The van der Waals surface area contributed by atoms with Gasteiger partial charge in [0.2, 0.25) is 0 Å². The van der Waals surface area contributed by atoms with Gasteiger partial charge in [-0.3, -0.25) is 4.90 Å². The summed E-state index contributed by atoms with van der Waals surface area (Å²) in [5, 5.41) is 3.25. The fourth-order valence-corrected chi connectivity index (χ4v) is 4.38. The molecule has 0 saturated carbocycles. The summed E-state index contributed by atoms with van der Waals surface area (Å²) in [5.41, 5.74) is 3.56. The van der Waals surface area contributed by atoms with Gasteiger partial charge in [-0.15, -0.1) is 11.3 Å². The molecule has 1 aliphatic rings. The van der Waals surface area contributed by atoms with E-state index in [1.54, 1.807) is 18.4 Å². The van der Waals surface area contributed by atoms with E-state index < -0.39 is 0 Å². The Morgan fingerprint density at radius 1 is 0.931 bits per heavy atom. The van der Waals surface area contributed by atoms with Crippen molar-refractivity contribution in [2.45, 2.75) is 13.5 Å². The lowest BCUT2D eigenvalue weighted by Gasteiger charge is -2.35. The Hall–Kier alpha value is -2.57. The van der Waals surface area contributed by atoms with Gasteiger partial charge >= 0.3 is 0 Å². The molecule has 6 heteroatoms. The molecule has 3 aromatic rings. The van der Waals surface area contributed by atoms with Crippen LogP contribution in [-0.2, 0) is 6.54 Å². The van der Waals surface area contributed by atoms with Gasteiger partial charge in [0.1, 0.15) is 16.5 Å². The van der Waals surface area contributed by atoms with Crippen LogP contribution >= 0.6 is 11.3 Å². The highest BCUT2D eigenvalue weighted by Gasteiger charge is 2.18. The quantitative estimate of drug-likeness (QED) is 0.573. The first-order valence-corrected chi connectivity index (χ1v) is 10.9. The van der Waals surface area contributed by atoms with Crippen molar-refractivity contribution in [3.05, 3.63) is 59.6 Å². The Balaban J connectivity index is 1.31. The largest absolute Gasteiger partial charge is 0.497 e. The molecule has 0 aliphatic carbocycles. The second kappa shape index (κ2) is 9.29. The van der Waals surface area contributed by atoms with Gasteiger partial charge < -0.3 is 14.4 Å². The molecule has 0 spiro atoms. The van der Waals surface area contributed by atoms with Crippen LogP contribution in [0.4, 0.5) is 5.69 Å². The van der Waals surface area contributed by atoms with Gasteiger partial charge in [-0.1, -0.05) is 0 Å². The zero-order chi connectivity index (χ0) is 20.1. The van der Waals surface area contributed by atoms with Crippen molar-refractivity contribution in [2.24, 2.45) is 0 Å². The number of methoxy groups -OCH3 is 1. The number of piperazine rings is 1. The molecule has 5 nitrogen and oxygen atoms in total. The lowest BCUT2D eigenvalue weighted by Crippen LogP contribution is -2.46. The van der Waals surface area contributed by atoms with E-state index in [1.165, 1.54) is 5.69 Å². The SMILES string of the molecule is CCOc1ccc(-c2nc(CN3CCN(c4ccc(OC)cc4)CC3)cs2)cc1. The molecule has 152 valence electrons. The van der Waals surface area contributed by atoms with Crippen molar-refractivity contribution in [3.63, 3.8) is 0 Å². The minimum absolute atomic E-state index is 0.687. The number of ether oxygens (including phenoxy) is 2. The van der Waals surface area contributed by atoms with Crippen LogP contribution < -0.4 is 14.4 Å². The molecule has 0 unspecified atom stereocenters. The zero-order valence-corrected chi connectivity index (χ0v) is 17.8. The fourth-order valence-electron chi connectivity index (χ4n) is 3.56. The molecule has 2 heterocycles. The molecule has 4 rings (SSSR count). The van der Waals surface area contributed by atoms with Gasteiger partial charge in [0.25, 0.3) is 0 Å². The number of aromatic nitrogens is 1. The predicted molar refractivity (Wildman–Crippen MR) is 119 cm³/mol. The van der Waals surface area contributed by atoms with Gasteiger partial charge in [-0.05, 0) is 55.5 Å². The third kappa shape index (κ3) is 4.89. The van der Waals surface area contributed by atoms with E-state index in [-0.39, 0.29) is 0 Å². The summed E-state index contributed by atoms with van der Waals surface area (Å²) >= 11 is 1.71. The van der Waals surface area contributed by atoms with Gasteiger partial charge in [0.05, 0.1) is 19.4 Å². The summed E-state index contributed by atoms with van der Waals surface area (Å²) in [6.07, 6.45) is 0. The van der Waals surface area contributed by atoms with Crippen molar-refractivity contribution < 1.29 is 9.47 Å². The second-order valence-corrected chi connectivity index (χ2v) is 7.92. The van der Waals surface area contributed by atoms with E-state index >= 15 is 0 Å². The Morgan fingerprint density at radius 3 is 2.28 bits per heavy atom. The molecule has 0 amide bonds. The van der Waals surface area contributed by atoms with Crippen LogP contribution in [0.1, 0.15) is 12.6 Å². The van der Waals surface area contributed by atoms with Crippen LogP contribution in [0, 0.1) is 0 Å². The maximum absolute atomic E-state index is 5.52. The maximum Gasteiger partial charge on any atom is 0.123 e. The standard InChI is InChI=1S/C23H27N3O2S/c1-3-28-22-8-4-18(5-9-22)23-24-19(17-29-23)16-25-12-14-26(15-13-25)20-6-10-21(27-2)11-7-20/h4-11,17H,3,12-16H2,1-2H3. The Kier molecular flexibility index (Phi) is 6.32. The van der Waals surface area contributed by atoms with Crippen LogP contribution in [0.2, 0.25) is 0 Å². The molecule has 0 radical (unpaired) electrons. The summed E-state index contributed by atoms with van der Waals surface area (Å²) in [5.74, 6) is 1.81. The van der Waals surface area contributed by atoms with Crippen LogP contribution in [0.15, 0.2) is 53.9 Å². The summed E-state index contributed by atoms with van der Waals surface area (Å²) in [4.78, 5) is 9.77. The third-order valence-electron chi connectivity index (χ3n) is 5.16. The molecular weight excluding hydrogens is 382 g/mol. The van der Waals surface area contributed by atoms with E-state index in [4.69, 9.17) is 14.5 Å². The second-order valence-electron chi connectivity index (χ2n) is 7.06. The van der Waals surface area contributed by atoms with Crippen LogP contribution in [0.25, 0.3) is 10.6 Å². The highest BCUT2D eigenvalue weighted by Crippen LogP contribution is 2.27. The lowest BCUT2D eigenvalue weighted by molar-refractivity contribution is 0.247. The average molecular weight is 410 g/mol. The molecule has 0 atom stereocenters. The van der Waals surface area contributed by atoms with Crippen molar-refractivity contribution in [2.75, 3.05) is 44.8 Å². The third-order valence-corrected chi connectivity index (χ3v) is 6.10. The van der Waals surface area contributed by atoms with Crippen LogP contribution in [-0.4, -0.2) is 49.8 Å². The molecule has 0 N–H and O–H groups in total. The van der Waals surface area contributed by atoms with E-state index in [2.05, 4.69) is 39.4 Å². The molecule has 2 aromatic carbocycles. The smallest absolute Gasteiger partial charge is 0.123 e. The maximum atomic E-state index is 5.52. The first kappa shape index (κ1) is 19.7. The molecule has 1 saturated heterocycles. The number of rotatable bonds is 7. The fraction of sp³-hybridized carbons (Fsp3) is 0.348. The normalized spacial score (nSPS) is 14.8. The van der Waals surface area contributed by atoms with E-state index in [0.717, 1.165) is 60.5 Å². The van der Waals surface area contributed by atoms with Crippen molar-refractivity contribution in [1.82, 2.24) is 9.88 Å². The Morgan fingerprint density at radius 2 is 1.62 bits per heavy atom. The van der Waals surface area contributed by atoms with Crippen molar-refractivity contribution in [1.29, 1.82) is 0 Å². The number of thiazole rings is 1. The average Bonchev–Trinajstić information content (AvgIpc) is 3.24. The molecular formula is C23H27N3O2S. The first-order valence-electron chi connectivity index (χ1n) is 10.0. The van der Waals surface area contributed by atoms with Gasteiger partial charge in [0.15, 0.2) is 0 Å². The van der Waals surface area contributed by atoms with E-state index in [9.17, 15) is 0 Å². The molecule has 1 aromatic heterocycles. The van der Waals surface area contributed by atoms with Crippen LogP contribution in [0.5, 0.6) is 11.5 Å². The molecule has 1 fully saturated rings.